The van der Waals surface area contributed by atoms with E-state index in [1.807, 2.05) is 0 Å². The van der Waals surface area contributed by atoms with Gasteiger partial charge in [0.15, 0.2) is 5.69 Å². The van der Waals surface area contributed by atoms with Crippen LogP contribution < -0.4 is 0 Å². The first kappa shape index (κ1) is 21.0. The van der Waals surface area contributed by atoms with Gasteiger partial charge in [-0.2, -0.15) is 0 Å². The molecule has 0 radical (unpaired) electrons. The zero-order valence-corrected chi connectivity index (χ0v) is 15.8. The predicted molar refractivity (Wildman–Crippen MR) is 104 cm³/mol. The van der Waals surface area contributed by atoms with E-state index >= 15 is 0 Å². The Morgan fingerprint density at radius 3 is 2.29 bits per heavy atom. The fourth-order valence-corrected chi connectivity index (χ4v) is 2.81. The number of benzene rings is 2. The zero-order chi connectivity index (χ0) is 22.7. The second-order valence-corrected chi connectivity index (χ2v) is 6.11. The van der Waals surface area contributed by atoms with E-state index in [-0.39, 0.29) is 12.2 Å². The number of ether oxygens (including phenoxy) is 1. The first-order chi connectivity index (χ1) is 14.7. The number of nitrogens with zero attached hydrogens (tertiary/aromatic N) is 5. The molecule has 3 aromatic rings. The van der Waals surface area contributed by atoms with Crippen molar-refractivity contribution in [3.05, 3.63) is 68.3 Å². The molecule has 0 fully saturated rings. The smallest absolute Gasteiger partial charge is 0.325 e. The van der Waals surface area contributed by atoms with Crippen molar-refractivity contribution in [1.29, 1.82) is 0 Å². The number of para-hydroxylation sites is 1. The minimum absolute atomic E-state index is 0.132. The first-order valence-corrected chi connectivity index (χ1v) is 8.50. The van der Waals surface area contributed by atoms with E-state index in [0.717, 1.165) is 12.1 Å². The zero-order valence-electron chi connectivity index (χ0n) is 15.8. The lowest BCUT2D eigenvalue weighted by Gasteiger charge is -2.04. The minimum atomic E-state index is -1.10. The quantitative estimate of drug-likeness (QED) is 0.269. The molecule has 1 N–H and O–H groups in total. The van der Waals surface area contributed by atoms with Gasteiger partial charge in [-0.15, -0.1) is 10.2 Å². The molecule has 1 amide bonds. The molecule has 31 heavy (non-hydrogen) atoms. The highest BCUT2D eigenvalue weighted by Crippen LogP contribution is 2.39. The third-order valence-electron chi connectivity index (χ3n) is 4.24. The number of nitro groups is 2. The van der Waals surface area contributed by atoms with Crippen LogP contribution >= 0.6 is 0 Å². The molecule has 0 unspecified atom stereocenters. The number of aromatic hydroxyl groups is 1. The van der Waals surface area contributed by atoms with Crippen LogP contribution in [0.5, 0.6) is 5.88 Å². The lowest BCUT2D eigenvalue weighted by molar-refractivity contribution is -0.394. The van der Waals surface area contributed by atoms with Gasteiger partial charge in [0.05, 0.1) is 34.1 Å². The summed E-state index contributed by atoms with van der Waals surface area (Å²) in [5, 5.41) is 40.0. The number of carbonyl (C=O) groups is 2. The molecule has 1 heterocycles. The highest BCUT2D eigenvalue weighted by molar-refractivity contribution is 5.98. The van der Waals surface area contributed by atoms with Crippen LogP contribution in [0.2, 0.25) is 0 Å². The van der Waals surface area contributed by atoms with Crippen molar-refractivity contribution in [3.63, 3.8) is 0 Å². The number of aromatic nitrogens is 1. The fraction of sp³-hybridized carbons (Fsp3) is 0.111. The first-order valence-electron chi connectivity index (χ1n) is 8.50. The topological polar surface area (TPSA) is 180 Å². The van der Waals surface area contributed by atoms with Crippen molar-refractivity contribution in [1.82, 2.24) is 4.57 Å². The molecule has 1 aromatic heterocycles. The Kier molecular flexibility index (Phi) is 5.67. The number of amides is 1. The van der Waals surface area contributed by atoms with Gasteiger partial charge in [-0.3, -0.25) is 34.4 Å². The third kappa shape index (κ3) is 4.19. The average Bonchev–Trinajstić information content (AvgIpc) is 3.02. The summed E-state index contributed by atoms with van der Waals surface area (Å²) in [6.07, 6.45) is 0. The summed E-state index contributed by atoms with van der Waals surface area (Å²) in [4.78, 5) is 44.2. The fourth-order valence-electron chi connectivity index (χ4n) is 2.81. The molecule has 158 valence electrons. The number of non-ortho nitro benzene ring substituents is 2. The third-order valence-corrected chi connectivity index (χ3v) is 4.24. The number of fused-ring (bicyclic) bond motifs is 1. The molecule has 0 saturated heterocycles. The van der Waals surface area contributed by atoms with Crippen LogP contribution in [0.4, 0.5) is 17.1 Å². The summed E-state index contributed by atoms with van der Waals surface area (Å²) >= 11 is 0. The van der Waals surface area contributed by atoms with E-state index in [1.165, 1.54) is 11.7 Å². The largest absolute Gasteiger partial charge is 0.493 e. The Labute approximate surface area is 172 Å². The van der Waals surface area contributed by atoms with Crippen LogP contribution in [0.25, 0.3) is 10.9 Å². The molecular formula is C18H13N5O8. The Morgan fingerprint density at radius 1 is 1.10 bits per heavy atom. The maximum absolute atomic E-state index is 12.4. The van der Waals surface area contributed by atoms with Gasteiger partial charge in [0, 0.05) is 17.5 Å². The monoisotopic (exact) mass is 427 g/mol. The molecule has 0 aliphatic heterocycles. The number of nitro benzene ring substituents is 2. The number of hydrogen-bond acceptors (Lipinski definition) is 9. The van der Waals surface area contributed by atoms with Crippen LogP contribution in [-0.2, 0) is 16.1 Å². The van der Waals surface area contributed by atoms with Crippen LogP contribution in [0.15, 0.2) is 52.7 Å². The van der Waals surface area contributed by atoms with Gasteiger partial charge in [-0.05, 0) is 6.07 Å². The molecular weight excluding hydrogens is 414 g/mol. The molecule has 3 rings (SSSR count). The molecule has 0 atom stereocenters. The lowest BCUT2D eigenvalue weighted by Crippen LogP contribution is -2.10. The van der Waals surface area contributed by atoms with E-state index in [2.05, 4.69) is 15.0 Å². The molecule has 0 spiro atoms. The normalized spacial score (nSPS) is 11.0. The van der Waals surface area contributed by atoms with E-state index in [4.69, 9.17) is 0 Å². The van der Waals surface area contributed by atoms with E-state index < -0.39 is 44.5 Å². The second kappa shape index (κ2) is 8.36. The van der Waals surface area contributed by atoms with E-state index in [0.29, 0.717) is 17.0 Å². The summed E-state index contributed by atoms with van der Waals surface area (Å²) in [5.41, 5.74) is -1.47. The van der Waals surface area contributed by atoms with Crippen LogP contribution in [0.3, 0.4) is 0 Å². The molecule has 0 aliphatic rings. The summed E-state index contributed by atoms with van der Waals surface area (Å²) in [6, 6.07) is 8.82. The van der Waals surface area contributed by atoms with Gasteiger partial charge in [-0.25, -0.2) is 0 Å². The van der Waals surface area contributed by atoms with Crippen LogP contribution in [0.1, 0.15) is 10.4 Å². The Morgan fingerprint density at radius 2 is 1.71 bits per heavy atom. The standard InChI is InChI=1S/C18H13N5O8/c1-31-15(24)9-21-14-5-3-2-4-13(14)16(18(21)26)19-20-17(25)10-6-11(22(27)28)8-12(7-10)23(29)30/h2-8,26H,9H2,1H3. The maximum atomic E-state index is 12.4. The highest BCUT2D eigenvalue weighted by atomic mass is 16.6. The number of methoxy groups -OCH3 is 1. The van der Waals surface area contributed by atoms with Crippen molar-refractivity contribution in [2.75, 3.05) is 7.11 Å². The summed E-state index contributed by atoms with van der Waals surface area (Å²) in [5.74, 6) is -2.20. The van der Waals surface area contributed by atoms with Crippen LogP contribution in [0, 0.1) is 20.2 Å². The van der Waals surface area contributed by atoms with Gasteiger partial charge in [0.2, 0.25) is 5.88 Å². The van der Waals surface area contributed by atoms with Crippen LogP contribution in [-0.4, -0.2) is 38.5 Å². The molecule has 0 saturated carbocycles. The van der Waals surface area contributed by atoms with Gasteiger partial charge in [0.1, 0.15) is 6.54 Å². The molecule has 0 aliphatic carbocycles. The number of azo groups is 1. The van der Waals surface area contributed by atoms with Crippen molar-refractivity contribution in [2.45, 2.75) is 6.54 Å². The average molecular weight is 427 g/mol. The second-order valence-electron chi connectivity index (χ2n) is 6.11. The summed E-state index contributed by atoms with van der Waals surface area (Å²) < 4.78 is 5.80. The Balaban J connectivity index is 2.03. The van der Waals surface area contributed by atoms with E-state index in [9.17, 15) is 34.9 Å². The van der Waals surface area contributed by atoms with Crippen molar-refractivity contribution >= 4 is 39.8 Å². The molecule has 13 heteroatoms. The highest BCUT2D eigenvalue weighted by Gasteiger charge is 2.21. The van der Waals surface area contributed by atoms with Crippen molar-refractivity contribution < 1.29 is 29.3 Å². The van der Waals surface area contributed by atoms with Crippen molar-refractivity contribution in [3.8, 4) is 5.88 Å². The Bertz CT molecular complexity index is 1230. The lowest BCUT2D eigenvalue weighted by atomic mass is 10.1. The molecule has 13 nitrogen and oxygen atoms in total. The SMILES string of the molecule is COC(=O)Cn1c(O)c(N=NC(=O)c2cc([N+](=O)[O-])cc([N+](=O)[O-])c2)c2ccccc21. The summed E-state index contributed by atoms with van der Waals surface area (Å²) in [6.45, 7) is -0.330. The molecule has 2 aromatic carbocycles. The van der Waals surface area contributed by atoms with Gasteiger partial charge >= 0.3 is 5.97 Å². The van der Waals surface area contributed by atoms with Crippen molar-refractivity contribution in [2.24, 2.45) is 10.2 Å². The van der Waals surface area contributed by atoms with Gasteiger partial charge in [-0.1, -0.05) is 18.2 Å². The number of hydrogen-bond donors (Lipinski definition) is 1. The van der Waals surface area contributed by atoms with E-state index in [1.54, 1.807) is 24.3 Å². The predicted octanol–water partition coefficient (Wildman–Crippen LogP) is 3.26. The van der Waals surface area contributed by atoms with Gasteiger partial charge in [0.25, 0.3) is 17.3 Å². The number of esters is 1. The summed E-state index contributed by atoms with van der Waals surface area (Å²) in [7, 11) is 1.18. The Hall–Kier alpha value is -4.68. The maximum Gasteiger partial charge on any atom is 0.325 e. The minimum Gasteiger partial charge on any atom is -0.493 e. The molecule has 0 bridgehead atoms. The number of rotatable bonds is 6. The number of carbonyl (C=O) groups excluding carboxylic acids is 2. The van der Waals surface area contributed by atoms with Gasteiger partial charge < -0.3 is 9.84 Å².